The fraction of sp³-hybridized carbons (Fsp3) is 0.227. The van der Waals surface area contributed by atoms with Crippen LogP contribution >= 0.6 is 0 Å². The maximum absolute atomic E-state index is 13.0. The van der Waals surface area contributed by atoms with Gasteiger partial charge in [-0.1, -0.05) is 26.8 Å². The molecule has 2 N–H and O–H groups in total. The zero-order valence-corrected chi connectivity index (χ0v) is 17.9. The van der Waals surface area contributed by atoms with Crippen molar-refractivity contribution in [1.29, 1.82) is 0 Å². The molecule has 0 atom stereocenters. The van der Waals surface area contributed by atoms with Crippen molar-refractivity contribution < 1.29 is 13.6 Å². The Morgan fingerprint density at radius 3 is 2.69 bits per heavy atom. The Morgan fingerprint density at radius 2 is 1.94 bits per heavy atom. The number of halogens is 2. The van der Waals surface area contributed by atoms with Crippen molar-refractivity contribution >= 4 is 28.7 Å². The number of alkyl halides is 2. The zero-order chi connectivity index (χ0) is 23.1. The molecule has 166 valence electrons. The van der Waals surface area contributed by atoms with E-state index >= 15 is 0 Å². The fourth-order valence-electron chi connectivity index (χ4n) is 2.78. The van der Waals surface area contributed by atoms with Crippen LogP contribution in [0, 0.1) is 0 Å². The predicted octanol–water partition coefficient (Wildman–Crippen LogP) is 5.24. The van der Waals surface area contributed by atoms with Gasteiger partial charge in [0.15, 0.2) is 5.82 Å². The molecule has 0 bridgehead atoms. The molecule has 4 heterocycles. The Hall–Kier alpha value is -3.95. The number of anilines is 3. The number of carbonyl (C=O) groups excluding carboxylic acids is 1. The van der Waals surface area contributed by atoms with Crippen LogP contribution in [0.2, 0.25) is 0 Å². The Morgan fingerprint density at radius 1 is 1.12 bits per heavy atom. The molecule has 0 saturated heterocycles. The molecular weight excluding hydrogens is 416 g/mol. The molecule has 0 unspecified atom stereocenters. The summed E-state index contributed by atoms with van der Waals surface area (Å²) in [5.74, 6) is 0.896. The minimum atomic E-state index is -2.69. The van der Waals surface area contributed by atoms with E-state index in [1.807, 2.05) is 19.9 Å². The molecule has 0 aliphatic heterocycles. The molecule has 0 spiro atoms. The Kier molecular flexibility index (Phi) is 7.37. The second kappa shape index (κ2) is 10.4. The number of hydrogen-bond acceptors (Lipinski definition) is 6. The summed E-state index contributed by atoms with van der Waals surface area (Å²) in [5.41, 5.74) is 1.21. The van der Waals surface area contributed by atoms with Gasteiger partial charge in [-0.05, 0) is 30.3 Å². The van der Waals surface area contributed by atoms with Crippen LogP contribution in [0.15, 0.2) is 54.9 Å². The number of amides is 1. The molecule has 4 rings (SSSR count). The summed E-state index contributed by atoms with van der Waals surface area (Å²) in [5, 5.41) is 10.2. The van der Waals surface area contributed by atoms with Crippen molar-refractivity contribution in [3.8, 4) is 11.5 Å². The molecule has 0 aliphatic carbocycles. The van der Waals surface area contributed by atoms with Gasteiger partial charge in [-0.2, -0.15) is 0 Å². The van der Waals surface area contributed by atoms with Crippen LogP contribution in [0.4, 0.5) is 26.1 Å². The van der Waals surface area contributed by atoms with Gasteiger partial charge in [0.05, 0.1) is 0 Å². The van der Waals surface area contributed by atoms with Crippen molar-refractivity contribution in [3.05, 3.63) is 60.6 Å². The van der Waals surface area contributed by atoms with Crippen molar-refractivity contribution in [2.75, 3.05) is 10.6 Å². The highest BCUT2D eigenvalue weighted by Crippen LogP contribution is 2.25. The third-order valence-electron chi connectivity index (χ3n) is 4.23. The molecular formula is C22H23F2N7O. The van der Waals surface area contributed by atoms with Crippen LogP contribution in [0.1, 0.15) is 39.3 Å². The predicted molar refractivity (Wildman–Crippen MR) is 119 cm³/mol. The number of nitrogens with one attached hydrogen (secondary N) is 2. The lowest BCUT2D eigenvalue weighted by Crippen LogP contribution is -2.11. The van der Waals surface area contributed by atoms with Crippen LogP contribution in [-0.2, 0) is 4.79 Å². The lowest BCUT2D eigenvalue weighted by molar-refractivity contribution is -0.115. The van der Waals surface area contributed by atoms with Crippen LogP contribution in [0.3, 0.4) is 0 Å². The minimum Gasteiger partial charge on any atom is -0.338 e. The molecule has 4 aromatic rings. The van der Waals surface area contributed by atoms with Crippen LogP contribution in [-0.4, -0.2) is 30.5 Å². The first kappa shape index (κ1) is 22.7. The molecule has 10 heteroatoms. The maximum Gasteiger partial charge on any atom is 0.280 e. The molecule has 1 amide bonds. The zero-order valence-electron chi connectivity index (χ0n) is 17.9. The molecule has 4 aromatic heterocycles. The first-order valence-corrected chi connectivity index (χ1v) is 10.2. The molecule has 8 nitrogen and oxygen atoms in total. The summed E-state index contributed by atoms with van der Waals surface area (Å²) in [6.45, 7) is 5.75. The smallest absolute Gasteiger partial charge is 0.280 e. The largest absolute Gasteiger partial charge is 0.338 e. The van der Waals surface area contributed by atoms with E-state index in [0.29, 0.717) is 29.3 Å². The highest BCUT2D eigenvalue weighted by molar-refractivity contribution is 5.90. The Labute approximate surface area is 183 Å². The average molecular weight is 439 g/mol. The van der Waals surface area contributed by atoms with Gasteiger partial charge in [-0.3, -0.25) is 4.79 Å². The summed E-state index contributed by atoms with van der Waals surface area (Å²) in [6, 6.07) is 11.3. The first-order valence-electron chi connectivity index (χ1n) is 10.2. The molecule has 0 saturated carbocycles. The summed E-state index contributed by atoms with van der Waals surface area (Å²) in [6.07, 6.45) is 0.927. The van der Waals surface area contributed by atoms with Gasteiger partial charge in [0.1, 0.15) is 22.7 Å². The molecule has 0 radical (unpaired) electrons. The third-order valence-corrected chi connectivity index (χ3v) is 4.23. The van der Waals surface area contributed by atoms with E-state index in [1.165, 1.54) is 12.1 Å². The molecule has 32 heavy (non-hydrogen) atoms. The van der Waals surface area contributed by atoms with Gasteiger partial charge in [-0.15, -0.1) is 5.10 Å². The number of rotatable bonds is 6. The van der Waals surface area contributed by atoms with E-state index in [2.05, 4.69) is 30.7 Å². The normalized spacial score (nSPS) is 10.6. The summed E-state index contributed by atoms with van der Waals surface area (Å²) in [7, 11) is 0. The number of nitrogens with zero attached hydrogens (tertiary/aromatic N) is 5. The topological polar surface area (TPSA) is 97.1 Å². The van der Waals surface area contributed by atoms with E-state index in [-0.39, 0.29) is 23.1 Å². The van der Waals surface area contributed by atoms with Crippen molar-refractivity contribution in [3.63, 3.8) is 0 Å². The number of hydrogen-bond donors (Lipinski definition) is 2. The second-order valence-corrected chi connectivity index (χ2v) is 6.33. The lowest BCUT2D eigenvalue weighted by atomic mass is 10.3. The maximum atomic E-state index is 13.0. The van der Waals surface area contributed by atoms with Crippen molar-refractivity contribution in [2.45, 2.75) is 33.6 Å². The van der Waals surface area contributed by atoms with Crippen LogP contribution in [0.25, 0.3) is 17.0 Å². The highest BCUT2D eigenvalue weighted by Gasteiger charge is 2.14. The van der Waals surface area contributed by atoms with E-state index in [0.717, 1.165) is 0 Å². The van der Waals surface area contributed by atoms with E-state index in [4.69, 9.17) is 0 Å². The lowest BCUT2D eigenvalue weighted by Gasteiger charge is -2.11. The van der Waals surface area contributed by atoms with Gasteiger partial charge in [0.25, 0.3) is 6.43 Å². The fourth-order valence-corrected chi connectivity index (χ4v) is 2.78. The van der Waals surface area contributed by atoms with Crippen molar-refractivity contribution in [2.24, 2.45) is 0 Å². The molecule has 0 aliphatic rings. The second-order valence-electron chi connectivity index (χ2n) is 6.33. The summed E-state index contributed by atoms with van der Waals surface area (Å²) < 4.78 is 27.6. The van der Waals surface area contributed by atoms with E-state index in [1.54, 1.807) is 48.1 Å². The average Bonchev–Trinajstić information content (AvgIpc) is 3.30. The first-order chi connectivity index (χ1) is 15.5. The van der Waals surface area contributed by atoms with Gasteiger partial charge in [0, 0.05) is 30.6 Å². The number of aromatic nitrogens is 5. The Balaban J connectivity index is 0.00000141. The van der Waals surface area contributed by atoms with Gasteiger partial charge in [0.2, 0.25) is 11.7 Å². The molecule has 0 fully saturated rings. The number of carbonyl (C=O) groups is 1. The summed E-state index contributed by atoms with van der Waals surface area (Å²) in [4.78, 5) is 24.2. The monoisotopic (exact) mass is 439 g/mol. The highest BCUT2D eigenvalue weighted by atomic mass is 19.3. The van der Waals surface area contributed by atoms with Gasteiger partial charge < -0.3 is 10.6 Å². The minimum absolute atomic E-state index is 0.150. The van der Waals surface area contributed by atoms with Gasteiger partial charge >= 0.3 is 0 Å². The van der Waals surface area contributed by atoms with Crippen LogP contribution in [0.5, 0.6) is 0 Å². The van der Waals surface area contributed by atoms with E-state index < -0.39 is 6.43 Å². The Bertz CT molecular complexity index is 1210. The van der Waals surface area contributed by atoms with E-state index in [9.17, 15) is 13.6 Å². The standard InChI is InChI=1S/C20H17F2N7O.C2H6/c1-2-17(30)26-16-11-12(8-9-23-16)24-20-15-7-4-10-29(15)28-19(27-20)14-6-3-5-13(25-14)18(21)22;1-2/h3-11,18H,2H2,1H3,(H2,23,24,26,27,28,30);1-2H3. The SMILES string of the molecule is CC.CCC(=O)Nc1cc(Nc2nc(-c3cccc(C(F)F)n3)nn3cccc23)ccn1. The van der Waals surface area contributed by atoms with Gasteiger partial charge in [-0.25, -0.2) is 28.2 Å². The number of fused-ring (bicyclic) bond motifs is 1. The van der Waals surface area contributed by atoms with Crippen LogP contribution < -0.4 is 10.6 Å². The summed E-state index contributed by atoms with van der Waals surface area (Å²) >= 11 is 0. The number of pyridine rings is 2. The third kappa shape index (κ3) is 5.20. The quantitative estimate of drug-likeness (QED) is 0.426. The van der Waals surface area contributed by atoms with Crippen molar-refractivity contribution in [1.82, 2.24) is 24.6 Å². The molecule has 0 aromatic carbocycles.